The van der Waals surface area contributed by atoms with Crippen LogP contribution in [0.4, 0.5) is 17.6 Å². The quantitative estimate of drug-likeness (QED) is 0.0821. The van der Waals surface area contributed by atoms with E-state index in [0.717, 1.165) is 46.4 Å². The monoisotopic (exact) mass is 535 g/mol. The molecule has 3 N–H and O–H groups in total. The van der Waals surface area contributed by atoms with Gasteiger partial charge < -0.3 is 4.79 Å². The van der Waals surface area contributed by atoms with Crippen molar-refractivity contribution in [3.05, 3.63) is 95.9 Å². The van der Waals surface area contributed by atoms with E-state index in [1.54, 1.807) is 23.0 Å². The smallest absolute Gasteiger partial charge is 0.303 e. The average molecular weight is 536 g/mol. The van der Waals surface area contributed by atoms with Gasteiger partial charge in [-0.2, -0.15) is 18.3 Å². The molecule has 0 bridgehead atoms. The molecule has 3 aromatic carbocycles. The molecule has 0 amide bonds. The van der Waals surface area contributed by atoms with Gasteiger partial charge in [0.15, 0.2) is 0 Å². The van der Waals surface area contributed by atoms with E-state index >= 15 is 0 Å². The standard InChI is InChI=1S/C24H21FN2O.C2H4F3N.C2H6.H2O2/c1-24(2,16-28)23(17-6-4-3-5-7-17)18-8-13-22-19(14-18)15-26-27(22)21-11-9-20(25)10-12-21;1-6-2(3,4)5;2*1-2/h3-16,23H,1-2H3;6H,1H3;1-2H3;1-2H. The molecule has 0 radical (unpaired) electrons. The largest absolute Gasteiger partial charge is 0.457 e. The van der Waals surface area contributed by atoms with Crippen molar-refractivity contribution in [3.63, 3.8) is 0 Å². The summed E-state index contributed by atoms with van der Waals surface area (Å²) in [6, 6.07) is 22.5. The van der Waals surface area contributed by atoms with Crippen LogP contribution in [0.15, 0.2) is 79.0 Å². The van der Waals surface area contributed by atoms with Crippen LogP contribution in [0.25, 0.3) is 16.6 Å². The van der Waals surface area contributed by atoms with Crippen LogP contribution >= 0.6 is 0 Å². The molecular formula is C28H33F4N3O3. The lowest BCUT2D eigenvalue weighted by Crippen LogP contribution is -2.26. The molecule has 1 heterocycles. The molecular weight excluding hydrogens is 502 g/mol. The minimum atomic E-state index is -4.21. The molecule has 1 unspecified atom stereocenters. The van der Waals surface area contributed by atoms with Crippen molar-refractivity contribution in [1.82, 2.24) is 15.1 Å². The van der Waals surface area contributed by atoms with Crippen molar-refractivity contribution in [2.24, 2.45) is 5.41 Å². The van der Waals surface area contributed by atoms with E-state index < -0.39 is 11.7 Å². The highest BCUT2D eigenvalue weighted by atomic mass is 19.4. The van der Waals surface area contributed by atoms with Gasteiger partial charge in [-0.05, 0) is 54.6 Å². The number of fused-ring (bicyclic) bond motifs is 1. The van der Waals surface area contributed by atoms with Gasteiger partial charge >= 0.3 is 6.30 Å². The number of carbonyl (C=O) groups excluding carboxylic acids is 1. The molecule has 1 atom stereocenters. The number of rotatable bonds is 5. The third-order valence-corrected chi connectivity index (χ3v) is 5.46. The highest BCUT2D eigenvalue weighted by molar-refractivity contribution is 5.81. The van der Waals surface area contributed by atoms with Crippen LogP contribution in [0.1, 0.15) is 44.7 Å². The third-order valence-electron chi connectivity index (χ3n) is 5.46. The number of aromatic nitrogens is 2. The molecule has 38 heavy (non-hydrogen) atoms. The summed E-state index contributed by atoms with van der Waals surface area (Å²) in [6.07, 6.45) is -1.38. The van der Waals surface area contributed by atoms with Crippen LogP contribution in [0.2, 0.25) is 0 Å². The van der Waals surface area contributed by atoms with Crippen LogP contribution in [0, 0.1) is 11.2 Å². The lowest BCUT2D eigenvalue weighted by atomic mass is 9.72. The summed E-state index contributed by atoms with van der Waals surface area (Å²) in [7, 11) is 0.833. The summed E-state index contributed by atoms with van der Waals surface area (Å²) >= 11 is 0. The first-order chi connectivity index (χ1) is 18.1. The molecule has 0 aliphatic heterocycles. The maximum Gasteiger partial charge on any atom is 0.457 e. The molecule has 0 fully saturated rings. The number of nitrogens with one attached hydrogen (secondary N) is 1. The van der Waals surface area contributed by atoms with Gasteiger partial charge in [0.2, 0.25) is 0 Å². The first-order valence-electron chi connectivity index (χ1n) is 11.8. The predicted octanol–water partition coefficient (Wildman–Crippen LogP) is 7.29. The van der Waals surface area contributed by atoms with Gasteiger partial charge in [0.05, 0.1) is 17.4 Å². The summed E-state index contributed by atoms with van der Waals surface area (Å²) in [6.45, 7) is 7.92. The molecule has 1 aromatic heterocycles. The normalized spacial score (nSPS) is 11.7. The molecule has 0 aliphatic carbocycles. The number of hydrogen-bond donors (Lipinski definition) is 3. The first kappa shape index (κ1) is 32.4. The Hall–Kier alpha value is -3.60. The zero-order valence-corrected chi connectivity index (χ0v) is 21.9. The van der Waals surface area contributed by atoms with E-state index in [0.29, 0.717) is 0 Å². The van der Waals surface area contributed by atoms with E-state index in [2.05, 4.69) is 23.3 Å². The number of carbonyl (C=O) groups is 1. The van der Waals surface area contributed by atoms with Crippen LogP contribution in [-0.2, 0) is 4.79 Å². The second kappa shape index (κ2) is 15.0. The van der Waals surface area contributed by atoms with Crippen molar-refractivity contribution in [3.8, 4) is 5.69 Å². The Bertz CT molecular complexity index is 1240. The topological polar surface area (TPSA) is 87.4 Å². The van der Waals surface area contributed by atoms with E-state index in [1.807, 2.05) is 58.0 Å². The number of aldehydes is 1. The highest BCUT2D eigenvalue weighted by Gasteiger charge is 2.32. The number of alkyl halides is 3. The number of hydrogen-bond acceptors (Lipinski definition) is 5. The Morgan fingerprint density at radius 1 is 0.921 bits per heavy atom. The third kappa shape index (κ3) is 8.76. The summed E-state index contributed by atoms with van der Waals surface area (Å²) in [4.78, 5) is 11.8. The fourth-order valence-electron chi connectivity index (χ4n) is 3.78. The minimum Gasteiger partial charge on any atom is -0.303 e. The van der Waals surface area contributed by atoms with Gasteiger partial charge in [0.25, 0.3) is 0 Å². The van der Waals surface area contributed by atoms with Crippen LogP contribution < -0.4 is 5.32 Å². The average Bonchev–Trinajstić information content (AvgIpc) is 3.35. The molecule has 0 spiro atoms. The molecule has 6 nitrogen and oxygen atoms in total. The molecule has 4 rings (SSSR count). The Morgan fingerprint density at radius 2 is 1.47 bits per heavy atom. The zero-order valence-electron chi connectivity index (χ0n) is 21.9. The van der Waals surface area contributed by atoms with E-state index in [1.165, 1.54) is 12.1 Å². The first-order valence-corrected chi connectivity index (χ1v) is 11.8. The van der Waals surface area contributed by atoms with Gasteiger partial charge in [0, 0.05) is 16.7 Å². The molecule has 0 saturated carbocycles. The SMILES string of the molecule is CC.CC(C)(C=O)C(c1ccccc1)c1ccc2c(cnn2-c2ccc(F)cc2)c1.CNC(F)(F)F.OO. The lowest BCUT2D eigenvalue weighted by molar-refractivity contribution is -0.176. The summed E-state index contributed by atoms with van der Waals surface area (Å²) < 4.78 is 47.0. The van der Waals surface area contributed by atoms with E-state index in [4.69, 9.17) is 10.5 Å². The van der Waals surface area contributed by atoms with Gasteiger partial charge in [-0.15, -0.1) is 0 Å². The Balaban J connectivity index is 0.000000629. The number of benzene rings is 3. The van der Waals surface area contributed by atoms with Crippen molar-refractivity contribution >= 4 is 17.2 Å². The predicted molar refractivity (Wildman–Crippen MR) is 141 cm³/mol. The Kier molecular flexibility index (Phi) is 12.8. The maximum absolute atomic E-state index is 13.2. The van der Waals surface area contributed by atoms with Crippen LogP contribution in [0.5, 0.6) is 0 Å². The summed E-state index contributed by atoms with van der Waals surface area (Å²) in [5.74, 6) is -0.339. The van der Waals surface area contributed by atoms with Gasteiger partial charge in [0.1, 0.15) is 12.1 Å². The Morgan fingerprint density at radius 3 is 1.97 bits per heavy atom. The fourth-order valence-corrected chi connectivity index (χ4v) is 3.78. The lowest BCUT2D eigenvalue weighted by Gasteiger charge is -2.30. The van der Waals surface area contributed by atoms with Gasteiger partial charge in [-0.3, -0.25) is 10.5 Å². The number of halogens is 4. The summed E-state index contributed by atoms with van der Waals surface area (Å²) in [5.41, 5.74) is 3.35. The van der Waals surface area contributed by atoms with Gasteiger partial charge in [-0.25, -0.2) is 14.4 Å². The van der Waals surface area contributed by atoms with E-state index in [-0.39, 0.29) is 11.7 Å². The molecule has 4 aromatic rings. The Labute approximate surface area is 219 Å². The second-order valence-corrected chi connectivity index (χ2v) is 8.38. The molecule has 10 heteroatoms. The number of nitrogens with zero attached hydrogens (tertiary/aromatic N) is 2. The van der Waals surface area contributed by atoms with Gasteiger partial charge in [-0.1, -0.05) is 64.1 Å². The second-order valence-electron chi connectivity index (χ2n) is 8.38. The zero-order chi connectivity index (χ0) is 28.9. The van der Waals surface area contributed by atoms with Crippen LogP contribution in [-0.4, -0.2) is 39.9 Å². The van der Waals surface area contributed by atoms with E-state index in [9.17, 15) is 22.4 Å². The highest BCUT2D eigenvalue weighted by Crippen LogP contribution is 2.40. The fraction of sp³-hybridized carbons (Fsp3) is 0.286. The molecule has 0 saturated heterocycles. The minimum absolute atomic E-state index is 0.0650. The molecule has 206 valence electrons. The van der Waals surface area contributed by atoms with Crippen molar-refractivity contribution in [1.29, 1.82) is 0 Å². The van der Waals surface area contributed by atoms with Crippen LogP contribution in [0.3, 0.4) is 0 Å². The van der Waals surface area contributed by atoms with Crippen molar-refractivity contribution < 1.29 is 32.9 Å². The van der Waals surface area contributed by atoms with Crippen molar-refractivity contribution in [2.75, 3.05) is 7.05 Å². The summed E-state index contributed by atoms with van der Waals surface area (Å²) in [5, 5.41) is 18.6. The molecule has 0 aliphatic rings. The van der Waals surface area contributed by atoms with Crippen molar-refractivity contribution in [2.45, 2.75) is 39.9 Å². The maximum atomic E-state index is 13.2.